The molecule has 2 amide bonds. The quantitative estimate of drug-likeness (QED) is 0.750. The number of nitrogens with one attached hydrogen (secondary N) is 1. The molecule has 2 aromatic rings. The highest BCUT2D eigenvalue weighted by atomic mass is 35.5. The van der Waals surface area contributed by atoms with E-state index in [1.165, 1.54) is 11.8 Å². The first-order valence-corrected chi connectivity index (χ1v) is 8.82. The summed E-state index contributed by atoms with van der Waals surface area (Å²) in [4.78, 5) is 25.7. The molecule has 1 N–H and O–H groups in total. The van der Waals surface area contributed by atoms with Crippen molar-refractivity contribution in [3.8, 4) is 11.5 Å². The number of carbonyl (C=O) groups is 2. The second-order valence-electron chi connectivity index (χ2n) is 5.94. The van der Waals surface area contributed by atoms with Crippen LogP contribution in [0.3, 0.4) is 0 Å². The molecule has 0 bridgehead atoms. The number of ether oxygens (including phenoxy) is 2. The van der Waals surface area contributed by atoms with Crippen molar-refractivity contribution in [1.29, 1.82) is 0 Å². The molecule has 0 spiro atoms. The number of carbonyl (C=O) groups excluding carboxylic acids is 2. The maximum atomic E-state index is 12.2. The van der Waals surface area contributed by atoms with Gasteiger partial charge in [-0.05, 0) is 42.3 Å². The van der Waals surface area contributed by atoms with Crippen LogP contribution in [0.25, 0.3) is 0 Å². The Morgan fingerprint density at radius 1 is 1.07 bits per heavy atom. The normalized spacial score (nSPS) is 10.2. The third-order valence-electron chi connectivity index (χ3n) is 4.01. The molecule has 6 nitrogen and oxygen atoms in total. The second-order valence-corrected chi connectivity index (χ2v) is 6.37. The van der Waals surface area contributed by atoms with Crippen molar-refractivity contribution >= 4 is 29.1 Å². The predicted molar refractivity (Wildman–Crippen MR) is 106 cm³/mol. The number of halogens is 1. The highest BCUT2D eigenvalue weighted by molar-refractivity contribution is 6.30. The molecule has 0 atom stereocenters. The van der Waals surface area contributed by atoms with Gasteiger partial charge >= 0.3 is 0 Å². The Kier molecular flexibility index (Phi) is 7.49. The largest absolute Gasteiger partial charge is 0.493 e. The zero-order valence-electron chi connectivity index (χ0n) is 15.6. The second kappa shape index (κ2) is 9.83. The average molecular weight is 391 g/mol. The minimum atomic E-state index is -0.278. The monoisotopic (exact) mass is 390 g/mol. The van der Waals surface area contributed by atoms with Crippen LogP contribution in [0, 0.1) is 0 Å². The molecule has 0 unspecified atom stereocenters. The molecule has 0 aliphatic carbocycles. The molecule has 0 aliphatic heterocycles. The molecular formula is C20H23ClN2O4. The Morgan fingerprint density at radius 3 is 2.44 bits per heavy atom. The van der Waals surface area contributed by atoms with Crippen molar-refractivity contribution in [3.05, 3.63) is 53.1 Å². The van der Waals surface area contributed by atoms with E-state index in [1.807, 2.05) is 18.2 Å². The van der Waals surface area contributed by atoms with Gasteiger partial charge in [0.05, 0.1) is 20.8 Å². The van der Waals surface area contributed by atoms with Crippen LogP contribution in [0.5, 0.6) is 11.5 Å². The lowest BCUT2D eigenvalue weighted by atomic mass is 10.1. The number of hydrogen-bond acceptors (Lipinski definition) is 4. The number of benzene rings is 2. The standard InChI is InChI=1S/C20H23ClN2O4/c1-14(24)23(13-20(25)22-17-6-4-5-16(21)12-17)10-9-15-7-8-18(26-2)19(11-15)27-3/h4-8,11-12H,9-10,13H2,1-3H3,(H,22,25). The van der Waals surface area contributed by atoms with Crippen molar-refractivity contribution in [2.24, 2.45) is 0 Å². The zero-order valence-corrected chi connectivity index (χ0v) is 16.4. The molecule has 7 heteroatoms. The molecule has 0 saturated heterocycles. The minimum Gasteiger partial charge on any atom is -0.493 e. The van der Waals surface area contributed by atoms with E-state index in [4.69, 9.17) is 21.1 Å². The summed E-state index contributed by atoms with van der Waals surface area (Å²) in [5.74, 6) is 0.824. The smallest absolute Gasteiger partial charge is 0.243 e. The molecule has 0 aromatic heterocycles. The summed E-state index contributed by atoms with van der Waals surface area (Å²) in [6.45, 7) is 1.82. The highest BCUT2D eigenvalue weighted by Gasteiger charge is 2.14. The van der Waals surface area contributed by atoms with Crippen LogP contribution in [0.2, 0.25) is 5.02 Å². The van der Waals surface area contributed by atoms with Crippen molar-refractivity contribution in [3.63, 3.8) is 0 Å². The van der Waals surface area contributed by atoms with Gasteiger partial charge in [-0.3, -0.25) is 9.59 Å². The SMILES string of the molecule is COc1ccc(CCN(CC(=O)Nc2cccc(Cl)c2)C(C)=O)cc1OC. The topological polar surface area (TPSA) is 67.9 Å². The molecule has 2 rings (SSSR count). The fourth-order valence-corrected chi connectivity index (χ4v) is 2.78. The Hall–Kier alpha value is -2.73. The Labute approximate surface area is 164 Å². The minimum absolute atomic E-state index is 0.0326. The van der Waals surface area contributed by atoms with E-state index >= 15 is 0 Å². The lowest BCUT2D eigenvalue weighted by Gasteiger charge is -2.21. The Bertz CT molecular complexity index is 810. The van der Waals surface area contributed by atoms with E-state index in [0.717, 1.165) is 5.56 Å². The molecule has 0 radical (unpaired) electrons. The summed E-state index contributed by atoms with van der Waals surface area (Å²) < 4.78 is 10.5. The summed E-state index contributed by atoms with van der Waals surface area (Å²) in [6, 6.07) is 12.5. The van der Waals surface area contributed by atoms with E-state index < -0.39 is 0 Å². The number of rotatable bonds is 8. The van der Waals surface area contributed by atoms with Gasteiger partial charge < -0.3 is 19.7 Å². The van der Waals surface area contributed by atoms with Gasteiger partial charge in [-0.1, -0.05) is 23.7 Å². The third kappa shape index (κ3) is 6.18. The Balaban J connectivity index is 1.97. The van der Waals surface area contributed by atoms with Gasteiger partial charge in [-0.15, -0.1) is 0 Å². The lowest BCUT2D eigenvalue weighted by Crippen LogP contribution is -2.38. The summed E-state index contributed by atoms with van der Waals surface area (Å²) in [7, 11) is 3.15. The van der Waals surface area contributed by atoms with Crippen LogP contribution in [-0.2, 0) is 16.0 Å². The highest BCUT2D eigenvalue weighted by Crippen LogP contribution is 2.27. The molecule has 0 heterocycles. The Morgan fingerprint density at radius 2 is 1.81 bits per heavy atom. The van der Waals surface area contributed by atoms with Crippen LogP contribution in [0.4, 0.5) is 5.69 Å². The average Bonchev–Trinajstić information content (AvgIpc) is 2.64. The zero-order chi connectivity index (χ0) is 19.8. The van der Waals surface area contributed by atoms with Gasteiger partial charge in [0, 0.05) is 24.2 Å². The summed E-state index contributed by atoms with van der Waals surface area (Å²) in [5.41, 5.74) is 1.57. The van der Waals surface area contributed by atoms with Gasteiger partial charge in [0.25, 0.3) is 0 Å². The van der Waals surface area contributed by atoms with Crippen molar-refractivity contribution in [1.82, 2.24) is 4.90 Å². The van der Waals surface area contributed by atoms with Crippen LogP contribution < -0.4 is 14.8 Å². The fourth-order valence-electron chi connectivity index (χ4n) is 2.59. The summed E-state index contributed by atoms with van der Waals surface area (Å²) in [5, 5.41) is 3.28. The van der Waals surface area contributed by atoms with Crippen LogP contribution in [-0.4, -0.2) is 44.0 Å². The first kappa shape index (κ1) is 20.6. The predicted octanol–water partition coefficient (Wildman–Crippen LogP) is 3.39. The number of hydrogen-bond donors (Lipinski definition) is 1. The van der Waals surface area contributed by atoms with Gasteiger partial charge in [0.15, 0.2) is 11.5 Å². The van der Waals surface area contributed by atoms with E-state index in [-0.39, 0.29) is 18.4 Å². The lowest BCUT2D eigenvalue weighted by molar-refractivity contribution is -0.132. The molecule has 0 saturated carbocycles. The molecule has 0 aliphatic rings. The maximum Gasteiger partial charge on any atom is 0.243 e. The first-order valence-electron chi connectivity index (χ1n) is 8.44. The molecule has 27 heavy (non-hydrogen) atoms. The molecule has 144 valence electrons. The van der Waals surface area contributed by atoms with E-state index in [0.29, 0.717) is 35.2 Å². The maximum absolute atomic E-state index is 12.2. The van der Waals surface area contributed by atoms with Gasteiger partial charge in [0.1, 0.15) is 0 Å². The number of amides is 2. The molecular weight excluding hydrogens is 368 g/mol. The van der Waals surface area contributed by atoms with Gasteiger partial charge in [0.2, 0.25) is 11.8 Å². The molecule has 0 fully saturated rings. The van der Waals surface area contributed by atoms with Crippen LogP contribution in [0.15, 0.2) is 42.5 Å². The number of anilines is 1. The van der Waals surface area contributed by atoms with Crippen LogP contribution >= 0.6 is 11.6 Å². The van der Waals surface area contributed by atoms with Crippen LogP contribution in [0.1, 0.15) is 12.5 Å². The van der Waals surface area contributed by atoms with Gasteiger partial charge in [-0.25, -0.2) is 0 Å². The fraction of sp³-hybridized carbons (Fsp3) is 0.300. The molecule has 2 aromatic carbocycles. The van der Waals surface area contributed by atoms with E-state index in [2.05, 4.69) is 5.32 Å². The van der Waals surface area contributed by atoms with Crippen molar-refractivity contribution in [2.75, 3.05) is 32.6 Å². The van der Waals surface area contributed by atoms with Gasteiger partial charge in [-0.2, -0.15) is 0 Å². The van der Waals surface area contributed by atoms with Crippen molar-refractivity contribution < 1.29 is 19.1 Å². The first-order chi connectivity index (χ1) is 12.9. The summed E-state index contributed by atoms with van der Waals surface area (Å²) >= 11 is 5.91. The third-order valence-corrected chi connectivity index (χ3v) is 4.24. The van der Waals surface area contributed by atoms with Crippen molar-refractivity contribution in [2.45, 2.75) is 13.3 Å². The number of methoxy groups -OCH3 is 2. The summed E-state index contributed by atoms with van der Waals surface area (Å²) in [6.07, 6.45) is 0.588. The number of nitrogens with zero attached hydrogens (tertiary/aromatic N) is 1. The van der Waals surface area contributed by atoms with E-state index in [9.17, 15) is 9.59 Å². The van der Waals surface area contributed by atoms with E-state index in [1.54, 1.807) is 38.5 Å².